The Labute approximate surface area is 101 Å². The first-order valence-electron chi connectivity index (χ1n) is 4.68. The fraction of sp³-hybridized carbons (Fsp3) is 1.00. The van der Waals surface area contributed by atoms with Crippen molar-refractivity contribution in [1.82, 2.24) is 0 Å². The lowest BCUT2D eigenvalue weighted by Crippen LogP contribution is -2.33. The molecule has 2 aliphatic heterocycles. The molecule has 84 valence electrons. The van der Waals surface area contributed by atoms with Crippen LogP contribution in [0, 0.1) is 0 Å². The van der Waals surface area contributed by atoms with Gasteiger partial charge in [0.25, 0.3) is 0 Å². The van der Waals surface area contributed by atoms with Crippen molar-refractivity contribution >= 4 is 22.6 Å². The molecule has 2 aliphatic rings. The molecule has 0 aromatic rings. The van der Waals surface area contributed by atoms with E-state index in [1.165, 1.54) is 0 Å². The van der Waals surface area contributed by atoms with Crippen molar-refractivity contribution in [3.05, 3.63) is 10.4 Å². The molecule has 0 spiro atoms. The van der Waals surface area contributed by atoms with Crippen LogP contribution in [0.2, 0.25) is 0 Å². The number of ether oxygens (including phenoxy) is 3. The molecule has 2 fully saturated rings. The van der Waals surface area contributed by atoms with Crippen LogP contribution in [-0.2, 0) is 14.2 Å². The number of azide groups is 1. The molecule has 0 bridgehead atoms. The number of alkyl halides is 1. The van der Waals surface area contributed by atoms with Gasteiger partial charge in [-0.15, -0.1) is 0 Å². The van der Waals surface area contributed by atoms with Gasteiger partial charge in [-0.1, -0.05) is 27.7 Å². The molecule has 0 N–H and O–H groups in total. The van der Waals surface area contributed by atoms with E-state index in [9.17, 15) is 0 Å². The molecule has 0 amide bonds. The van der Waals surface area contributed by atoms with E-state index in [1.54, 1.807) is 0 Å². The van der Waals surface area contributed by atoms with Gasteiger partial charge in [0.15, 0.2) is 12.1 Å². The minimum atomic E-state index is -0.658. The highest BCUT2D eigenvalue weighted by molar-refractivity contribution is 14.1. The van der Waals surface area contributed by atoms with Gasteiger partial charge in [0, 0.05) is 9.34 Å². The summed E-state index contributed by atoms with van der Waals surface area (Å²) in [5.74, 6) is -0.658. The standard InChI is InChI=1S/C8H12IN3O3/c1-8(2)14-6-5(11-12-10)4(3-9)13-7(6)15-8/h4-7H,3H2,1-2H3/t4-,5+,6-,7-/m1/s1. The molecule has 2 saturated heterocycles. The molecule has 0 unspecified atom stereocenters. The second-order valence-corrected chi connectivity index (χ2v) is 4.87. The highest BCUT2D eigenvalue weighted by Gasteiger charge is 2.53. The van der Waals surface area contributed by atoms with Crippen LogP contribution >= 0.6 is 22.6 Å². The highest BCUT2D eigenvalue weighted by Crippen LogP contribution is 2.39. The van der Waals surface area contributed by atoms with Gasteiger partial charge >= 0.3 is 0 Å². The second-order valence-electron chi connectivity index (χ2n) is 3.99. The van der Waals surface area contributed by atoms with Crippen LogP contribution in [-0.4, -0.2) is 34.8 Å². The van der Waals surface area contributed by atoms with Crippen LogP contribution in [0.1, 0.15) is 13.8 Å². The Kier molecular flexibility index (Phi) is 3.09. The number of nitrogens with zero attached hydrogens (tertiary/aromatic N) is 3. The summed E-state index contributed by atoms with van der Waals surface area (Å²) in [6.45, 7) is 3.64. The first-order chi connectivity index (χ1) is 7.07. The van der Waals surface area contributed by atoms with Gasteiger partial charge in [0.05, 0.1) is 12.1 Å². The van der Waals surface area contributed by atoms with E-state index >= 15 is 0 Å². The SMILES string of the molecule is CC1(C)O[C@H]2O[C@H](CI)[C@H](N=[N+]=[N-])[C@H]2O1. The maximum absolute atomic E-state index is 8.49. The summed E-state index contributed by atoms with van der Waals surface area (Å²) >= 11 is 2.19. The molecule has 7 heteroatoms. The zero-order valence-electron chi connectivity index (χ0n) is 8.46. The molecule has 15 heavy (non-hydrogen) atoms. The predicted molar refractivity (Wildman–Crippen MR) is 60.5 cm³/mol. The molecular weight excluding hydrogens is 313 g/mol. The lowest BCUT2D eigenvalue weighted by atomic mass is 10.1. The third-order valence-corrected chi connectivity index (χ3v) is 3.32. The van der Waals surface area contributed by atoms with E-state index in [0.717, 1.165) is 4.43 Å². The predicted octanol–water partition coefficient (Wildman–Crippen LogP) is 1.98. The molecule has 0 aromatic carbocycles. The molecule has 6 nitrogen and oxygen atoms in total. The van der Waals surface area contributed by atoms with Crippen LogP contribution < -0.4 is 0 Å². The lowest BCUT2D eigenvalue weighted by Gasteiger charge is -2.22. The van der Waals surface area contributed by atoms with E-state index < -0.39 is 12.1 Å². The Morgan fingerprint density at radius 3 is 2.80 bits per heavy atom. The van der Waals surface area contributed by atoms with Crippen LogP contribution in [0.5, 0.6) is 0 Å². The number of hydrogen-bond acceptors (Lipinski definition) is 4. The van der Waals surface area contributed by atoms with E-state index in [-0.39, 0.29) is 18.2 Å². The smallest absolute Gasteiger partial charge is 0.188 e. The molecule has 2 rings (SSSR count). The number of halogens is 1. The Bertz CT molecular complexity index is 306. The molecule has 0 radical (unpaired) electrons. The molecule has 0 saturated carbocycles. The zero-order valence-corrected chi connectivity index (χ0v) is 10.6. The lowest BCUT2D eigenvalue weighted by molar-refractivity contribution is -0.203. The minimum Gasteiger partial charge on any atom is -0.345 e. The normalized spacial score (nSPS) is 42.3. The monoisotopic (exact) mass is 325 g/mol. The maximum Gasteiger partial charge on any atom is 0.188 e. The van der Waals surface area contributed by atoms with Gasteiger partial charge in [0.1, 0.15) is 6.10 Å². The van der Waals surface area contributed by atoms with Crippen molar-refractivity contribution in [2.75, 3.05) is 4.43 Å². The molecule has 0 aromatic heterocycles. The summed E-state index contributed by atoms with van der Waals surface area (Å²) in [6, 6.07) is -0.293. The average molecular weight is 325 g/mol. The number of fused-ring (bicyclic) bond motifs is 1. The maximum atomic E-state index is 8.49. The first kappa shape index (κ1) is 11.4. The van der Waals surface area contributed by atoms with Crippen LogP contribution in [0.15, 0.2) is 5.11 Å². The highest BCUT2D eigenvalue weighted by atomic mass is 127. The third-order valence-electron chi connectivity index (χ3n) is 2.45. The minimum absolute atomic E-state index is 0.118. The van der Waals surface area contributed by atoms with Gasteiger partial charge in [-0.2, -0.15) is 0 Å². The Morgan fingerprint density at radius 1 is 1.47 bits per heavy atom. The van der Waals surface area contributed by atoms with E-state index in [2.05, 4.69) is 32.6 Å². The van der Waals surface area contributed by atoms with Gasteiger partial charge in [-0.05, 0) is 19.4 Å². The fourth-order valence-electron chi connectivity index (χ4n) is 1.89. The zero-order chi connectivity index (χ0) is 11.1. The van der Waals surface area contributed by atoms with E-state index in [0.29, 0.717) is 0 Å². The summed E-state index contributed by atoms with van der Waals surface area (Å²) in [5, 5.41) is 3.73. The molecule has 0 aliphatic carbocycles. The van der Waals surface area contributed by atoms with Gasteiger partial charge in [-0.25, -0.2) is 0 Å². The topological polar surface area (TPSA) is 76.5 Å². The van der Waals surface area contributed by atoms with Crippen molar-refractivity contribution in [2.45, 2.75) is 44.2 Å². The van der Waals surface area contributed by atoms with Crippen molar-refractivity contribution in [3.63, 3.8) is 0 Å². The first-order valence-corrected chi connectivity index (χ1v) is 6.21. The van der Waals surface area contributed by atoms with Gasteiger partial charge < -0.3 is 14.2 Å². The summed E-state index contributed by atoms with van der Waals surface area (Å²) in [7, 11) is 0. The molecule has 4 atom stereocenters. The summed E-state index contributed by atoms with van der Waals surface area (Å²) in [6.07, 6.45) is -0.807. The number of rotatable bonds is 2. The third kappa shape index (κ3) is 2.07. The van der Waals surface area contributed by atoms with E-state index in [1.807, 2.05) is 13.8 Å². The molecular formula is C8H12IN3O3. The van der Waals surface area contributed by atoms with Crippen LogP contribution in [0.4, 0.5) is 0 Å². The largest absolute Gasteiger partial charge is 0.345 e. The van der Waals surface area contributed by atoms with Crippen LogP contribution in [0.3, 0.4) is 0 Å². The second kappa shape index (κ2) is 4.06. The van der Waals surface area contributed by atoms with Crippen molar-refractivity contribution in [3.8, 4) is 0 Å². The average Bonchev–Trinajstić information content (AvgIpc) is 2.60. The van der Waals surface area contributed by atoms with Crippen LogP contribution in [0.25, 0.3) is 10.4 Å². The fourth-order valence-corrected chi connectivity index (χ4v) is 2.61. The van der Waals surface area contributed by atoms with Gasteiger partial charge in [-0.3, -0.25) is 0 Å². The Balaban J connectivity index is 2.17. The Hall–Kier alpha value is -0.0800. The van der Waals surface area contributed by atoms with Crippen molar-refractivity contribution in [2.24, 2.45) is 5.11 Å². The van der Waals surface area contributed by atoms with Gasteiger partial charge in [0.2, 0.25) is 0 Å². The molecule has 2 heterocycles. The summed E-state index contributed by atoms with van der Waals surface area (Å²) in [4.78, 5) is 2.83. The van der Waals surface area contributed by atoms with Crippen molar-refractivity contribution < 1.29 is 14.2 Å². The number of hydrogen-bond donors (Lipinski definition) is 0. The summed E-state index contributed by atoms with van der Waals surface area (Å²) < 4.78 is 17.6. The Morgan fingerprint density at radius 2 is 2.20 bits per heavy atom. The van der Waals surface area contributed by atoms with Crippen molar-refractivity contribution in [1.29, 1.82) is 0 Å². The van der Waals surface area contributed by atoms with E-state index in [4.69, 9.17) is 19.7 Å². The quantitative estimate of drug-likeness (QED) is 0.256. The summed E-state index contributed by atoms with van der Waals surface area (Å²) in [5.41, 5.74) is 8.49.